The number of anilines is 1. The van der Waals surface area contributed by atoms with Crippen LogP contribution in [0.15, 0.2) is 45.9 Å². The fraction of sp³-hybridized carbons (Fsp3) is 0.500. The third kappa shape index (κ3) is 5.73. The smallest absolute Gasteiger partial charge is 0.242 e. The summed E-state index contributed by atoms with van der Waals surface area (Å²) in [6.45, 7) is 4.54. The van der Waals surface area contributed by atoms with E-state index in [9.17, 15) is 16.8 Å². The number of sulfone groups is 1. The Bertz CT molecular complexity index is 1210. The first-order valence-corrected chi connectivity index (χ1v) is 15.3. The Kier molecular flexibility index (Phi) is 7.85. The SMILES string of the molecule is CCC(CC)(CNS(=O)(=O)c1cnc(NCC2(S(C)(=O)=O)CC2)c(Br)c1)c1ccc(Cl)cc1. The van der Waals surface area contributed by atoms with E-state index >= 15 is 0 Å². The van der Waals surface area contributed by atoms with Crippen LogP contribution in [0, 0.1) is 0 Å². The lowest BCUT2D eigenvalue weighted by Gasteiger charge is -2.32. The second-order valence-corrected chi connectivity index (χ2v) is 14.1. The van der Waals surface area contributed by atoms with Gasteiger partial charge in [-0.1, -0.05) is 37.6 Å². The standard InChI is InChI=1S/C22H29BrClN3O4S2/c1-4-21(5-2,16-6-8-17(24)9-7-16)14-27-33(30,31)18-12-19(23)20(25-13-18)26-15-22(10-11-22)32(3,28)29/h6-9,12-13,27H,4-5,10-11,14-15H2,1-3H3,(H,25,26). The van der Waals surface area contributed by atoms with Gasteiger partial charge in [0.15, 0.2) is 9.84 Å². The van der Waals surface area contributed by atoms with Crippen LogP contribution in [0.5, 0.6) is 0 Å². The zero-order valence-electron chi connectivity index (χ0n) is 18.9. The number of aromatic nitrogens is 1. The maximum atomic E-state index is 13.0. The second kappa shape index (κ2) is 9.81. The minimum Gasteiger partial charge on any atom is -0.368 e. The zero-order valence-corrected chi connectivity index (χ0v) is 22.8. The van der Waals surface area contributed by atoms with E-state index in [1.165, 1.54) is 18.5 Å². The third-order valence-corrected chi connectivity index (χ3v) is 11.1. The molecule has 11 heteroatoms. The first kappa shape index (κ1) is 26.4. The highest BCUT2D eigenvalue weighted by atomic mass is 79.9. The summed E-state index contributed by atoms with van der Waals surface area (Å²) < 4.78 is 52.4. The van der Waals surface area contributed by atoms with Gasteiger partial charge in [0.2, 0.25) is 10.0 Å². The lowest BCUT2D eigenvalue weighted by atomic mass is 9.76. The molecule has 33 heavy (non-hydrogen) atoms. The summed E-state index contributed by atoms with van der Waals surface area (Å²) in [6.07, 6.45) is 5.23. The molecule has 182 valence electrons. The van der Waals surface area contributed by atoms with E-state index in [-0.39, 0.29) is 23.4 Å². The second-order valence-electron chi connectivity index (χ2n) is 8.63. The highest BCUT2D eigenvalue weighted by Gasteiger charge is 2.51. The molecular formula is C22H29BrClN3O4S2. The molecule has 0 bridgehead atoms. The van der Waals surface area contributed by atoms with Crippen LogP contribution in [-0.4, -0.2) is 45.9 Å². The molecule has 1 aromatic carbocycles. The zero-order chi connectivity index (χ0) is 24.5. The topological polar surface area (TPSA) is 105 Å². The first-order chi connectivity index (χ1) is 15.4. The van der Waals surface area contributed by atoms with Crippen molar-refractivity contribution in [3.05, 3.63) is 51.6 Å². The fourth-order valence-corrected chi connectivity index (χ4v) is 6.93. The summed E-state index contributed by atoms with van der Waals surface area (Å²) in [5, 5.41) is 3.67. The van der Waals surface area contributed by atoms with Gasteiger partial charge in [0, 0.05) is 36.0 Å². The molecule has 2 N–H and O–H groups in total. The number of sulfonamides is 1. The van der Waals surface area contributed by atoms with Crippen molar-refractivity contribution in [2.24, 2.45) is 0 Å². The molecule has 1 heterocycles. The molecule has 0 amide bonds. The van der Waals surface area contributed by atoms with Gasteiger partial charge in [0.1, 0.15) is 10.7 Å². The minimum atomic E-state index is -3.82. The fourth-order valence-electron chi connectivity index (χ4n) is 3.89. The van der Waals surface area contributed by atoms with Crippen LogP contribution >= 0.6 is 27.5 Å². The van der Waals surface area contributed by atoms with Crippen LogP contribution in [-0.2, 0) is 25.3 Å². The van der Waals surface area contributed by atoms with Crippen molar-refractivity contribution in [2.45, 2.75) is 54.6 Å². The van der Waals surface area contributed by atoms with E-state index in [2.05, 4.69) is 31.0 Å². The molecule has 0 saturated heterocycles. The number of nitrogens with zero attached hydrogens (tertiary/aromatic N) is 1. The predicted molar refractivity (Wildman–Crippen MR) is 136 cm³/mol. The Morgan fingerprint density at radius 1 is 1.12 bits per heavy atom. The lowest BCUT2D eigenvalue weighted by Crippen LogP contribution is -2.40. The number of nitrogens with one attached hydrogen (secondary N) is 2. The van der Waals surface area contributed by atoms with E-state index in [1.807, 2.05) is 38.1 Å². The molecular weight excluding hydrogens is 550 g/mol. The Morgan fingerprint density at radius 2 is 1.73 bits per heavy atom. The highest BCUT2D eigenvalue weighted by molar-refractivity contribution is 9.10. The van der Waals surface area contributed by atoms with E-state index in [0.29, 0.717) is 28.2 Å². The van der Waals surface area contributed by atoms with Crippen LogP contribution in [0.3, 0.4) is 0 Å². The van der Waals surface area contributed by atoms with Gasteiger partial charge < -0.3 is 5.32 Å². The van der Waals surface area contributed by atoms with Gasteiger partial charge in [-0.05, 0) is 65.4 Å². The molecule has 1 aliphatic carbocycles. The molecule has 0 radical (unpaired) electrons. The van der Waals surface area contributed by atoms with Gasteiger partial charge in [0.25, 0.3) is 0 Å². The average Bonchev–Trinajstić information content (AvgIpc) is 3.56. The molecule has 0 unspecified atom stereocenters. The summed E-state index contributed by atoms with van der Waals surface area (Å²) in [4.78, 5) is 4.25. The molecule has 1 aliphatic rings. The summed E-state index contributed by atoms with van der Waals surface area (Å²) in [7, 11) is -6.99. The summed E-state index contributed by atoms with van der Waals surface area (Å²) in [5.41, 5.74) is 0.659. The molecule has 0 atom stereocenters. The minimum absolute atomic E-state index is 0.0291. The van der Waals surface area contributed by atoms with Crippen molar-refractivity contribution in [1.29, 1.82) is 0 Å². The van der Waals surface area contributed by atoms with Gasteiger partial charge in [0.05, 0.1) is 9.22 Å². The van der Waals surface area contributed by atoms with E-state index in [0.717, 1.165) is 18.4 Å². The monoisotopic (exact) mass is 577 g/mol. The van der Waals surface area contributed by atoms with Gasteiger partial charge in [-0.2, -0.15) is 0 Å². The van der Waals surface area contributed by atoms with Crippen LogP contribution in [0.2, 0.25) is 5.02 Å². The van der Waals surface area contributed by atoms with Crippen LogP contribution < -0.4 is 10.0 Å². The van der Waals surface area contributed by atoms with Crippen molar-refractivity contribution in [1.82, 2.24) is 9.71 Å². The number of halogens is 2. The van der Waals surface area contributed by atoms with Crippen molar-refractivity contribution in [3.63, 3.8) is 0 Å². The Balaban J connectivity index is 1.74. The van der Waals surface area contributed by atoms with Crippen LogP contribution in [0.25, 0.3) is 0 Å². The van der Waals surface area contributed by atoms with Gasteiger partial charge in [-0.3, -0.25) is 0 Å². The van der Waals surface area contributed by atoms with Gasteiger partial charge in [-0.25, -0.2) is 26.5 Å². The summed E-state index contributed by atoms with van der Waals surface area (Å²) in [6, 6.07) is 8.97. The average molecular weight is 579 g/mol. The molecule has 0 spiro atoms. The van der Waals surface area contributed by atoms with Gasteiger partial charge in [-0.15, -0.1) is 0 Å². The number of pyridine rings is 1. The van der Waals surface area contributed by atoms with Gasteiger partial charge >= 0.3 is 0 Å². The number of hydrogen-bond donors (Lipinski definition) is 2. The van der Waals surface area contributed by atoms with E-state index in [1.54, 1.807) is 0 Å². The van der Waals surface area contributed by atoms with Crippen LogP contribution in [0.1, 0.15) is 45.1 Å². The molecule has 3 rings (SSSR count). The molecule has 0 aliphatic heterocycles. The Hall–Kier alpha value is -1.20. The van der Waals surface area contributed by atoms with Crippen molar-refractivity contribution in [3.8, 4) is 0 Å². The molecule has 1 fully saturated rings. The first-order valence-electron chi connectivity index (χ1n) is 10.7. The highest BCUT2D eigenvalue weighted by Crippen LogP contribution is 2.43. The number of benzene rings is 1. The van der Waals surface area contributed by atoms with Crippen molar-refractivity contribution >= 4 is 53.2 Å². The largest absolute Gasteiger partial charge is 0.368 e. The number of hydrogen-bond acceptors (Lipinski definition) is 6. The maximum absolute atomic E-state index is 13.0. The number of rotatable bonds is 11. The van der Waals surface area contributed by atoms with Crippen molar-refractivity contribution < 1.29 is 16.8 Å². The van der Waals surface area contributed by atoms with E-state index < -0.39 is 24.6 Å². The third-order valence-electron chi connectivity index (χ3n) is 6.71. The summed E-state index contributed by atoms with van der Waals surface area (Å²) in [5.74, 6) is 0.404. The summed E-state index contributed by atoms with van der Waals surface area (Å²) >= 11 is 9.38. The quantitative estimate of drug-likeness (QED) is 0.406. The Morgan fingerprint density at radius 3 is 2.21 bits per heavy atom. The maximum Gasteiger partial charge on any atom is 0.242 e. The molecule has 7 nitrogen and oxygen atoms in total. The van der Waals surface area contributed by atoms with E-state index in [4.69, 9.17) is 11.6 Å². The normalized spacial score (nSPS) is 15.9. The Labute approximate surface area is 209 Å². The van der Waals surface area contributed by atoms with Crippen LogP contribution in [0.4, 0.5) is 5.82 Å². The molecule has 2 aromatic rings. The lowest BCUT2D eigenvalue weighted by molar-refractivity contribution is 0.391. The molecule has 1 aromatic heterocycles. The molecule has 1 saturated carbocycles. The predicted octanol–water partition coefficient (Wildman–Crippen LogP) is 4.52. The van der Waals surface area contributed by atoms with Crippen molar-refractivity contribution in [2.75, 3.05) is 24.7 Å².